The number of anilines is 1. The first-order valence-corrected chi connectivity index (χ1v) is 8.61. The van der Waals surface area contributed by atoms with Crippen molar-refractivity contribution in [2.24, 2.45) is 0 Å². The molecule has 0 atom stereocenters. The highest BCUT2D eigenvalue weighted by atomic mass is 16.2. The Kier molecular flexibility index (Phi) is 4.06. The van der Waals surface area contributed by atoms with Crippen LogP contribution >= 0.6 is 0 Å². The van der Waals surface area contributed by atoms with E-state index in [1.807, 2.05) is 67.0 Å². The van der Waals surface area contributed by atoms with Crippen LogP contribution in [0.5, 0.6) is 0 Å². The Morgan fingerprint density at radius 2 is 1.52 bits per heavy atom. The van der Waals surface area contributed by atoms with Crippen LogP contribution < -0.4 is 5.32 Å². The Bertz CT molecular complexity index is 854. The maximum Gasteiger partial charge on any atom is 0.235 e. The number of rotatable bonds is 5. The van der Waals surface area contributed by atoms with Crippen LogP contribution in [0, 0.1) is 0 Å². The van der Waals surface area contributed by atoms with Crippen LogP contribution in [-0.2, 0) is 16.6 Å². The highest BCUT2D eigenvalue weighted by molar-refractivity contribution is 6.01. The van der Waals surface area contributed by atoms with E-state index in [-0.39, 0.29) is 11.3 Å². The van der Waals surface area contributed by atoms with E-state index in [0.29, 0.717) is 0 Å². The molecule has 1 heterocycles. The zero-order valence-corrected chi connectivity index (χ0v) is 14.0. The van der Waals surface area contributed by atoms with Crippen molar-refractivity contribution >= 4 is 11.6 Å². The van der Waals surface area contributed by atoms with Crippen LogP contribution in [0.4, 0.5) is 5.69 Å². The smallest absolute Gasteiger partial charge is 0.235 e. The van der Waals surface area contributed by atoms with Crippen LogP contribution in [0.3, 0.4) is 0 Å². The lowest BCUT2D eigenvalue weighted by Crippen LogP contribution is -2.27. The fraction of sp³-hybridized carbons (Fsp3) is 0.182. The summed E-state index contributed by atoms with van der Waals surface area (Å²) in [6.45, 7) is 0. The molecule has 4 rings (SSSR count). The number of pyridine rings is 1. The second-order valence-electron chi connectivity index (χ2n) is 6.63. The van der Waals surface area contributed by atoms with Gasteiger partial charge in [0.25, 0.3) is 0 Å². The molecule has 1 aliphatic carbocycles. The number of aromatic nitrogens is 1. The molecule has 124 valence electrons. The molecule has 3 nitrogen and oxygen atoms in total. The largest absolute Gasteiger partial charge is 0.325 e. The minimum absolute atomic E-state index is 0.0978. The lowest BCUT2D eigenvalue weighted by Gasteiger charge is -2.16. The van der Waals surface area contributed by atoms with E-state index in [1.165, 1.54) is 11.1 Å². The second-order valence-corrected chi connectivity index (χ2v) is 6.63. The summed E-state index contributed by atoms with van der Waals surface area (Å²) in [6, 6.07) is 22.2. The number of carbonyl (C=O) groups excluding carboxylic acids is 1. The predicted octanol–water partition coefficient (Wildman–Crippen LogP) is 4.34. The van der Waals surface area contributed by atoms with Gasteiger partial charge in [0.05, 0.1) is 5.41 Å². The van der Waals surface area contributed by atoms with Gasteiger partial charge in [0.15, 0.2) is 0 Å². The number of hydrogen-bond acceptors (Lipinski definition) is 2. The summed E-state index contributed by atoms with van der Waals surface area (Å²) in [5.74, 6) is 0.0978. The molecule has 1 N–H and O–H groups in total. The average Bonchev–Trinajstić information content (AvgIpc) is 3.47. The monoisotopic (exact) mass is 328 g/mol. The molecule has 1 amide bonds. The first-order chi connectivity index (χ1) is 12.3. The van der Waals surface area contributed by atoms with E-state index in [1.54, 1.807) is 0 Å². The van der Waals surface area contributed by atoms with E-state index in [0.717, 1.165) is 30.5 Å². The fourth-order valence-corrected chi connectivity index (χ4v) is 3.22. The number of carbonyl (C=O) groups is 1. The van der Waals surface area contributed by atoms with Gasteiger partial charge in [0.2, 0.25) is 5.91 Å². The topological polar surface area (TPSA) is 42.0 Å². The molecule has 0 bridgehead atoms. The lowest BCUT2D eigenvalue weighted by molar-refractivity contribution is -0.118. The van der Waals surface area contributed by atoms with Gasteiger partial charge in [-0.1, -0.05) is 42.5 Å². The van der Waals surface area contributed by atoms with E-state index in [4.69, 9.17) is 0 Å². The molecule has 0 aliphatic heterocycles. The third-order valence-corrected chi connectivity index (χ3v) is 4.88. The highest BCUT2D eigenvalue weighted by Crippen LogP contribution is 2.48. The Morgan fingerprint density at radius 1 is 0.880 bits per heavy atom. The number of nitrogens with one attached hydrogen (secondary N) is 1. The third-order valence-electron chi connectivity index (χ3n) is 4.88. The van der Waals surface area contributed by atoms with Crippen molar-refractivity contribution < 1.29 is 4.79 Å². The Morgan fingerprint density at radius 3 is 2.16 bits per heavy atom. The van der Waals surface area contributed by atoms with Crippen LogP contribution in [0.1, 0.15) is 29.5 Å². The standard InChI is InChI=1S/C22H20N2O/c25-21(22(12-13-22)19-4-2-1-3-5-19)24-20-8-6-17(7-9-20)16-18-10-14-23-15-11-18/h1-11,14-15H,12-13,16H2,(H,24,25). The third kappa shape index (κ3) is 3.31. The Hall–Kier alpha value is -2.94. The summed E-state index contributed by atoms with van der Waals surface area (Å²) in [5, 5.41) is 3.09. The number of benzene rings is 2. The molecule has 2 aromatic carbocycles. The van der Waals surface area contributed by atoms with Crippen LogP contribution in [0.25, 0.3) is 0 Å². The van der Waals surface area contributed by atoms with E-state index in [2.05, 4.69) is 22.4 Å². The van der Waals surface area contributed by atoms with Gasteiger partial charge < -0.3 is 5.32 Å². The summed E-state index contributed by atoms with van der Waals surface area (Å²) in [6.07, 6.45) is 6.32. The van der Waals surface area contributed by atoms with Gasteiger partial charge in [-0.3, -0.25) is 9.78 Å². The van der Waals surface area contributed by atoms with Crippen LogP contribution in [0.15, 0.2) is 79.1 Å². The van der Waals surface area contributed by atoms with Crippen molar-refractivity contribution in [1.82, 2.24) is 4.98 Å². The molecule has 1 saturated carbocycles. The molecule has 3 heteroatoms. The first-order valence-electron chi connectivity index (χ1n) is 8.61. The van der Waals surface area contributed by atoms with Crippen molar-refractivity contribution in [2.45, 2.75) is 24.7 Å². The van der Waals surface area contributed by atoms with Crippen molar-refractivity contribution in [3.8, 4) is 0 Å². The summed E-state index contributed by atoms with van der Waals surface area (Å²) < 4.78 is 0. The van der Waals surface area contributed by atoms with Crippen LogP contribution in [0.2, 0.25) is 0 Å². The van der Waals surface area contributed by atoms with Crippen molar-refractivity contribution in [1.29, 1.82) is 0 Å². The van der Waals surface area contributed by atoms with Gasteiger partial charge >= 0.3 is 0 Å². The molecule has 0 saturated heterocycles. The van der Waals surface area contributed by atoms with E-state index >= 15 is 0 Å². The SMILES string of the molecule is O=C(Nc1ccc(Cc2ccncc2)cc1)C1(c2ccccc2)CC1. The fourth-order valence-electron chi connectivity index (χ4n) is 3.22. The van der Waals surface area contributed by atoms with Gasteiger partial charge in [0.1, 0.15) is 0 Å². The van der Waals surface area contributed by atoms with Crippen molar-refractivity contribution in [3.63, 3.8) is 0 Å². The molecule has 1 aromatic heterocycles. The quantitative estimate of drug-likeness (QED) is 0.757. The Labute approximate surface area is 147 Å². The summed E-state index contributed by atoms with van der Waals surface area (Å²) in [4.78, 5) is 16.8. The minimum Gasteiger partial charge on any atom is -0.325 e. The van der Waals surface area contributed by atoms with E-state index < -0.39 is 0 Å². The molecule has 0 unspecified atom stereocenters. The van der Waals surface area contributed by atoms with Gasteiger partial charge in [-0.15, -0.1) is 0 Å². The maximum absolute atomic E-state index is 12.8. The molecule has 1 aliphatic rings. The summed E-state index contributed by atoms with van der Waals surface area (Å²) in [7, 11) is 0. The first kappa shape index (κ1) is 15.6. The van der Waals surface area contributed by atoms with Gasteiger partial charge in [0, 0.05) is 18.1 Å². The highest BCUT2D eigenvalue weighted by Gasteiger charge is 2.51. The average molecular weight is 328 g/mol. The van der Waals surface area contributed by atoms with Crippen molar-refractivity contribution in [2.75, 3.05) is 5.32 Å². The molecular formula is C22H20N2O. The van der Waals surface area contributed by atoms with Gasteiger partial charge in [-0.2, -0.15) is 0 Å². The van der Waals surface area contributed by atoms with Gasteiger partial charge in [-0.25, -0.2) is 0 Å². The predicted molar refractivity (Wildman–Crippen MR) is 99.5 cm³/mol. The molecule has 0 spiro atoms. The number of amides is 1. The Balaban J connectivity index is 1.44. The summed E-state index contributed by atoms with van der Waals surface area (Å²) >= 11 is 0. The van der Waals surface area contributed by atoms with Gasteiger partial charge in [-0.05, 0) is 60.2 Å². The summed E-state index contributed by atoms with van der Waals surface area (Å²) in [5.41, 5.74) is 4.07. The number of hydrogen-bond donors (Lipinski definition) is 1. The molecule has 1 fully saturated rings. The molecule has 3 aromatic rings. The van der Waals surface area contributed by atoms with Crippen molar-refractivity contribution in [3.05, 3.63) is 95.8 Å². The second kappa shape index (κ2) is 6.52. The van der Waals surface area contributed by atoms with E-state index in [9.17, 15) is 4.79 Å². The number of nitrogens with zero attached hydrogens (tertiary/aromatic N) is 1. The zero-order valence-electron chi connectivity index (χ0n) is 14.0. The molecular weight excluding hydrogens is 308 g/mol. The molecule has 25 heavy (non-hydrogen) atoms. The van der Waals surface area contributed by atoms with Crippen LogP contribution in [-0.4, -0.2) is 10.9 Å². The normalized spacial score (nSPS) is 14.7. The zero-order chi connectivity index (χ0) is 17.1. The molecule has 0 radical (unpaired) electrons. The lowest BCUT2D eigenvalue weighted by atomic mass is 9.95. The minimum atomic E-state index is -0.336. The maximum atomic E-state index is 12.8.